The summed E-state index contributed by atoms with van der Waals surface area (Å²) in [6.07, 6.45) is 1.15. The van der Waals surface area contributed by atoms with Gasteiger partial charge >= 0.3 is 0 Å². The molecule has 1 aromatic carbocycles. The van der Waals surface area contributed by atoms with Crippen LogP contribution in [0.15, 0.2) is 35.3 Å². The summed E-state index contributed by atoms with van der Waals surface area (Å²) in [5, 5.41) is 8.24. The average Bonchev–Trinajstić information content (AvgIpc) is 3.22. The van der Waals surface area contributed by atoms with Crippen LogP contribution in [0.4, 0.5) is 0 Å². The molecule has 1 fully saturated rings. The molecule has 6 heteroatoms. The van der Waals surface area contributed by atoms with Crippen molar-refractivity contribution >= 4 is 5.96 Å². The highest BCUT2D eigenvalue weighted by atomic mass is 16.5. The van der Waals surface area contributed by atoms with E-state index < -0.39 is 0 Å². The first kappa shape index (κ1) is 18.5. The number of nitrogens with zero attached hydrogens (tertiary/aromatic N) is 4. The summed E-state index contributed by atoms with van der Waals surface area (Å²) < 4.78 is 7.31. The number of benzene rings is 1. The molecule has 0 bridgehead atoms. The summed E-state index contributed by atoms with van der Waals surface area (Å²) in [7, 11) is 3.62. The van der Waals surface area contributed by atoms with Crippen molar-refractivity contribution in [3.05, 3.63) is 47.3 Å². The standard InChI is InChI=1S/C20H29N5O/c1-15-19(16(2)25(23-15)18-8-6-5-7-9-18)12-22-20(21-3)24-11-10-17(13-24)14-26-4/h5-9,17H,10-14H2,1-4H3,(H,21,22). The van der Waals surface area contributed by atoms with Gasteiger partial charge < -0.3 is 15.0 Å². The van der Waals surface area contributed by atoms with Crippen molar-refractivity contribution in [3.63, 3.8) is 0 Å². The van der Waals surface area contributed by atoms with Crippen LogP contribution < -0.4 is 5.32 Å². The van der Waals surface area contributed by atoms with E-state index in [-0.39, 0.29) is 0 Å². The summed E-state index contributed by atoms with van der Waals surface area (Å²) in [5.41, 5.74) is 4.52. The maximum Gasteiger partial charge on any atom is 0.193 e. The first-order valence-corrected chi connectivity index (χ1v) is 9.19. The Bertz CT molecular complexity index is 753. The predicted molar refractivity (Wildman–Crippen MR) is 105 cm³/mol. The van der Waals surface area contributed by atoms with Crippen LogP contribution >= 0.6 is 0 Å². The highest BCUT2D eigenvalue weighted by molar-refractivity contribution is 5.80. The van der Waals surface area contributed by atoms with Gasteiger partial charge in [0.25, 0.3) is 0 Å². The molecular formula is C20H29N5O. The van der Waals surface area contributed by atoms with E-state index in [0.717, 1.165) is 55.7 Å². The van der Waals surface area contributed by atoms with Crippen molar-refractivity contribution in [1.82, 2.24) is 20.0 Å². The largest absolute Gasteiger partial charge is 0.384 e. The van der Waals surface area contributed by atoms with Crippen LogP contribution in [0.1, 0.15) is 23.4 Å². The number of nitrogens with one attached hydrogen (secondary N) is 1. The lowest BCUT2D eigenvalue weighted by atomic mass is 10.1. The number of hydrogen-bond acceptors (Lipinski definition) is 3. The second-order valence-corrected chi connectivity index (χ2v) is 6.85. The zero-order valence-corrected chi connectivity index (χ0v) is 16.2. The topological polar surface area (TPSA) is 54.7 Å². The van der Waals surface area contributed by atoms with E-state index >= 15 is 0 Å². The third kappa shape index (κ3) is 3.90. The van der Waals surface area contributed by atoms with Gasteiger partial charge in [0.2, 0.25) is 0 Å². The number of aromatic nitrogens is 2. The first-order chi connectivity index (χ1) is 12.6. The van der Waals surface area contributed by atoms with E-state index in [9.17, 15) is 0 Å². The van der Waals surface area contributed by atoms with Gasteiger partial charge in [-0.3, -0.25) is 4.99 Å². The molecule has 1 saturated heterocycles. The Labute approximate surface area is 155 Å². The molecule has 0 saturated carbocycles. The molecule has 2 aromatic rings. The number of rotatable bonds is 5. The van der Waals surface area contributed by atoms with Gasteiger partial charge in [0, 0.05) is 51.0 Å². The minimum atomic E-state index is 0.586. The van der Waals surface area contributed by atoms with E-state index in [1.807, 2.05) is 29.9 Å². The van der Waals surface area contributed by atoms with E-state index in [2.05, 4.69) is 41.2 Å². The number of methoxy groups -OCH3 is 1. The van der Waals surface area contributed by atoms with E-state index in [1.165, 1.54) is 5.56 Å². The van der Waals surface area contributed by atoms with Gasteiger partial charge in [0.15, 0.2) is 5.96 Å². The third-order valence-corrected chi connectivity index (χ3v) is 5.06. The van der Waals surface area contributed by atoms with Crippen molar-refractivity contribution in [2.24, 2.45) is 10.9 Å². The smallest absolute Gasteiger partial charge is 0.193 e. The lowest BCUT2D eigenvalue weighted by Crippen LogP contribution is -2.40. The Kier molecular flexibility index (Phi) is 5.93. The van der Waals surface area contributed by atoms with Crippen LogP contribution in [0.2, 0.25) is 0 Å². The summed E-state index contributed by atoms with van der Waals surface area (Å²) in [6, 6.07) is 10.3. The molecule has 0 radical (unpaired) electrons. The van der Waals surface area contributed by atoms with Crippen molar-refractivity contribution in [2.45, 2.75) is 26.8 Å². The van der Waals surface area contributed by atoms with E-state index in [0.29, 0.717) is 5.92 Å². The fourth-order valence-corrected chi connectivity index (χ4v) is 3.65. The summed E-state index contributed by atoms with van der Waals surface area (Å²) in [5.74, 6) is 1.54. The Morgan fingerprint density at radius 1 is 1.31 bits per heavy atom. The van der Waals surface area contributed by atoms with Gasteiger partial charge in [-0.25, -0.2) is 4.68 Å². The van der Waals surface area contributed by atoms with Crippen LogP contribution in [0, 0.1) is 19.8 Å². The molecule has 1 aliphatic heterocycles. The highest BCUT2D eigenvalue weighted by Crippen LogP contribution is 2.19. The van der Waals surface area contributed by atoms with Crippen LogP contribution in [-0.2, 0) is 11.3 Å². The quantitative estimate of drug-likeness (QED) is 0.661. The molecule has 0 spiro atoms. The zero-order valence-electron chi connectivity index (χ0n) is 16.2. The van der Waals surface area contributed by atoms with Crippen LogP contribution in [-0.4, -0.2) is 54.5 Å². The number of ether oxygens (including phenoxy) is 1. The monoisotopic (exact) mass is 355 g/mol. The molecule has 1 unspecified atom stereocenters. The molecule has 1 aliphatic rings. The molecule has 140 valence electrons. The van der Waals surface area contributed by atoms with Gasteiger partial charge in [0.1, 0.15) is 0 Å². The molecule has 2 heterocycles. The average molecular weight is 355 g/mol. The minimum Gasteiger partial charge on any atom is -0.384 e. The van der Waals surface area contributed by atoms with Crippen molar-refractivity contribution in [3.8, 4) is 5.69 Å². The Hall–Kier alpha value is -2.34. The number of para-hydroxylation sites is 1. The maximum absolute atomic E-state index is 5.30. The van der Waals surface area contributed by atoms with Gasteiger partial charge in [-0.2, -0.15) is 5.10 Å². The van der Waals surface area contributed by atoms with Crippen molar-refractivity contribution in [2.75, 3.05) is 33.9 Å². The molecule has 6 nitrogen and oxygen atoms in total. The number of hydrogen-bond donors (Lipinski definition) is 1. The number of aliphatic imine (C=N–C) groups is 1. The fraction of sp³-hybridized carbons (Fsp3) is 0.500. The molecule has 1 atom stereocenters. The Morgan fingerprint density at radius 3 is 2.77 bits per heavy atom. The molecule has 3 rings (SSSR count). The van der Waals surface area contributed by atoms with Gasteiger partial charge in [-0.1, -0.05) is 18.2 Å². The maximum atomic E-state index is 5.30. The normalized spacial score (nSPS) is 17.8. The second-order valence-electron chi connectivity index (χ2n) is 6.85. The Morgan fingerprint density at radius 2 is 2.08 bits per heavy atom. The lowest BCUT2D eigenvalue weighted by Gasteiger charge is -2.21. The summed E-state index contributed by atoms with van der Waals surface area (Å²) in [6.45, 7) is 7.75. The van der Waals surface area contributed by atoms with Crippen molar-refractivity contribution < 1.29 is 4.74 Å². The van der Waals surface area contributed by atoms with Gasteiger partial charge in [-0.15, -0.1) is 0 Å². The third-order valence-electron chi connectivity index (χ3n) is 5.06. The Balaban J connectivity index is 1.69. The summed E-state index contributed by atoms with van der Waals surface area (Å²) >= 11 is 0. The van der Waals surface area contributed by atoms with Crippen LogP contribution in [0.5, 0.6) is 0 Å². The molecule has 1 aromatic heterocycles. The minimum absolute atomic E-state index is 0.586. The van der Waals surface area contributed by atoms with Gasteiger partial charge in [0.05, 0.1) is 18.0 Å². The van der Waals surface area contributed by atoms with Crippen molar-refractivity contribution in [1.29, 1.82) is 0 Å². The number of likely N-dealkylation sites (tertiary alicyclic amines) is 1. The van der Waals surface area contributed by atoms with Crippen LogP contribution in [0.25, 0.3) is 5.69 Å². The number of aryl methyl sites for hydroxylation is 1. The highest BCUT2D eigenvalue weighted by Gasteiger charge is 2.25. The molecule has 0 aliphatic carbocycles. The van der Waals surface area contributed by atoms with Gasteiger partial charge in [-0.05, 0) is 32.4 Å². The molecule has 1 N–H and O–H groups in total. The SMILES string of the molecule is CN=C(NCc1c(C)nn(-c2ccccc2)c1C)N1CCC(COC)C1. The van der Waals surface area contributed by atoms with E-state index in [1.54, 1.807) is 7.11 Å². The summed E-state index contributed by atoms with van der Waals surface area (Å²) in [4.78, 5) is 6.78. The lowest BCUT2D eigenvalue weighted by molar-refractivity contribution is 0.157. The fourth-order valence-electron chi connectivity index (χ4n) is 3.65. The second kappa shape index (κ2) is 8.36. The first-order valence-electron chi connectivity index (χ1n) is 9.19. The molecule has 26 heavy (non-hydrogen) atoms. The number of guanidine groups is 1. The zero-order chi connectivity index (χ0) is 18.5. The van der Waals surface area contributed by atoms with Crippen LogP contribution in [0.3, 0.4) is 0 Å². The molecule has 0 amide bonds. The van der Waals surface area contributed by atoms with E-state index in [4.69, 9.17) is 9.84 Å². The molecular weight excluding hydrogens is 326 g/mol. The predicted octanol–water partition coefficient (Wildman–Crippen LogP) is 2.53.